The Morgan fingerprint density at radius 1 is 1.20 bits per heavy atom. The van der Waals surface area contributed by atoms with E-state index >= 15 is 0 Å². The van der Waals surface area contributed by atoms with E-state index in [9.17, 15) is 18.7 Å². The van der Waals surface area contributed by atoms with Crippen molar-refractivity contribution in [3.8, 4) is 0 Å². The summed E-state index contributed by atoms with van der Waals surface area (Å²) in [6, 6.07) is 11.4. The molecule has 0 heterocycles. The summed E-state index contributed by atoms with van der Waals surface area (Å²) in [5.41, 5.74) is -0.608. The van der Waals surface area contributed by atoms with E-state index in [2.05, 4.69) is 4.36 Å². The molecule has 0 fully saturated rings. The molecule has 5 nitrogen and oxygen atoms in total. The minimum absolute atomic E-state index is 0.104. The summed E-state index contributed by atoms with van der Waals surface area (Å²) in [6.45, 7) is 0. The molecule has 0 saturated carbocycles. The van der Waals surface area contributed by atoms with Gasteiger partial charge in [-0.2, -0.15) is 4.36 Å². The summed E-state index contributed by atoms with van der Waals surface area (Å²) in [6.07, 6.45) is 1.38. The van der Waals surface area contributed by atoms with Crippen LogP contribution in [-0.4, -0.2) is 15.4 Å². The maximum absolute atomic E-state index is 13.0. The van der Waals surface area contributed by atoms with E-state index in [-0.39, 0.29) is 5.69 Å². The Morgan fingerprint density at radius 3 is 2.45 bits per heavy atom. The quantitative estimate of drug-likeness (QED) is 0.642. The van der Waals surface area contributed by atoms with E-state index in [1.165, 1.54) is 6.26 Å². The topological polar surface area (TPSA) is 72.6 Å². The van der Waals surface area contributed by atoms with Crippen LogP contribution in [0.25, 0.3) is 0 Å². The average molecular weight is 294 g/mol. The smallest absolute Gasteiger partial charge is 0.258 e. The van der Waals surface area contributed by atoms with Crippen molar-refractivity contribution in [2.45, 2.75) is 4.90 Å². The number of nitro groups is 1. The van der Waals surface area contributed by atoms with Gasteiger partial charge in [-0.1, -0.05) is 18.2 Å². The zero-order valence-electron chi connectivity index (χ0n) is 10.5. The molecule has 0 amide bonds. The van der Waals surface area contributed by atoms with Crippen molar-refractivity contribution < 1.29 is 13.5 Å². The van der Waals surface area contributed by atoms with Gasteiger partial charge in [0, 0.05) is 11.2 Å². The van der Waals surface area contributed by atoms with E-state index in [1.54, 1.807) is 30.3 Å². The number of nitrogens with zero attached hydrogens (tertiary/aromatic N) is 2. The van der Waals surface area contributed by atoms with Gasteiger partial charge in [0.05, 0.1) is 20.7 Å². The third-order valence-corrected chi connectivity index (χ3v) is 4.28. The van der Waals surface area contributed by atoms with Crippen LogP contribution in [0.15, 0.2) is 57.8 Å². The molecule has 0 bridgehead atoms. The van der Waals surface area contributed by atoms with Gasteiger partial charge in [-0.15, -0.1) is 0 Å². The molecule has 2 aromatic carbocycles. The Morgan fingerprint density at radius 2 is 1.85 bits per heavy atom. The van der Waals surface area contributed by atoms with Crippen LogP contribution in [0.2, 0.25) is 0 Å². The lowest BCUT2D eigenvalue weighted by molar-refractivity contribution is -0.384. The lowest BCUT2D eigenvalue weighted by Gasteiger charge is -2.04. The fraction of sp³-hybridized carbons (Fsp3) is 0.0769. The second kappa shape index (κ2) is 5.38. The number of hydrogen-bond donors (Lipinski definition) is 0. The van der Waals surface area contributed by atoms with Gasteiger partial charge in [0.1, 0.15) is 5.82 Å². The summed E-state index contributed by atoms with van der Waals surface area (Å²) in [7, 11) is -2.83. The summed E-state index contributed by atoms with van der Waals surface area (Å²) >= 11 is 0. The van der Waals surface area contributed by atoms with Gasteiger partial charge in [0.15, 0.2) is 5.69 Å². The number of halogens is 1. The van der Waals surface area contributed by atoms with Gasteiger partial charge in [-0.3, -0.25) is 10.1 Å². The number of rotatable bonds is 3. The largest absolute Gasteiger partial charge is 0.298 e. The van der Waals surface area contributed by atoms with Crippen molar-refractivity contribution in [1.82, 2.24) is 0 Å². The van der Waals surface area contributed by atoms with E-state index in [0.29, 0.717) is 4.90 Å². The first-order chi connectivity index (χ1) is 9.40. The van der Waals surface area contributed by atoms with Crippen LogP contribution in [0.1, 0.15) is 0 Å². The highest BCUT2D eigenvalue weighted by Gasteiger charge is 2.16. The van der Waals surface area contributed by atoms with E-state index in [4.69, 9.17) is 0 Å². The first-order valence-electron chi connectivity index (χ1n) is 5.61. The third-order valence-electron chi connectivity index (χ3n) is 2.59. The fourth-order valence-corrected chi connectivity index (χ4v) is 2.93. The van der Waals surface area contributed by atoms with Gasteiger partial charge in [-0.05, 0) is 24.3 Å². The van der Waals surface area contributed by atoms with Crippen LogP contribution in [-0.2, 0) is 9.73 Å². The number of hydrogen-bond acceptors (Lipinski definition) is 4. The molecule has 0 spiro atoms. The Labute approximate surface area is 115 Å². The van der Waals surface area contributed by atoms with Crippen molar-refractivity contribution in [2.24, 2.45) is 4.36 Å². The SMILES string of the molecule is CS(=O)(=Nc1ccc(F)cc1[N+](=O)[O-])c1ccccc1. The standard InChI is InChI=1S/C13H11FN2O3S/c1-20(19,11-5-3-2-4-6-11)15-12-8-7-10(14)9-13(12)16(17)18/h2-9H,1H3. The number of nitro benzene ring substituents is 1. The van der Waals surface area contributed by atoms with Crippen molar-refractivity contribution >= 4 is 21.1 Å². The zero-order chi connectivity index (χ0) is 14.8. The Kier molecular flexibility index (Phi) is 3.80. The molecule has 0 aliphatic rings. The lowest BCUT2D eigenvalue weighted by Crippen LogP contribution is -1.97. The summed E-state index contributed by atoms with van der Waals surface area (Å²) < 4.78 is 29.5. The van der Waals surface area contributed by atoms with Crippen LogP contribution in [0.5, 0.6) is 0 Å². The van der Waals surface area contributed by atoms with Crippen LogP contribution >= 0.6 is 0 Å². The van der Waals surface area contributed by atoms with Crippen molar-refractivity contribution in [1.29, 1.82) is 0 Å². The molecule has 1 atom stereocenters. The van der Waals surface area contributed by atoms with Crippen LogP contribution < -0.4 is 0 Å². The van der Waals surface area contributed by atoms with Crippen LogP contribution in [0.3, 0.4) is 0 Å². The molecule has 0 aromatic heterocycles. The fourth-order valence-electron chi connectivity index (χ4n) is 1.63. The van der Waals surface area contributed by atoms with Gasteiger partial charge in [0.2, 0.25) is 0 Å². The highest BCUT2D eigenvalue weighted by atomic mass is 32.2. The van der Waals surface area contributed by atoms with Gasteiger partial charge < -0.3 is 0 Å². The molecule has 2 rings (SSSR count). The highest BCUT2D eigenvalue weighted by molar-refractivity contribution is 7.93. The first kappa shape index (κ1) is 14.1. The van der Waals surface area contributed by atoms with Crippen LogP contribution in [0.4, 0.5) is 15.8 Å². The minimum atomic E-state index is -2.83. The van der Waals surface area contributed by atoms with E-state index < -0.39 is 26.2 Å². The first-order valence-corrected chi connectivity index (χ1v) is 7.53. The van der Waals surface area contributed by atoms with Gasteiger partial charge in [0.25, 0.3) is 5.69 Å². The monoisotopic (exact) mass is 294 g/mol. The molecule has 0 saturated heterocycles. The summed E-state index contributed by atoms with van der Waals surface area (Å²) in [4.78, 5) is 10.6. The van der Waals surface area contributed by atoms with Gasteiger partial charge >= 0.3 is 0 Å². The molecule has 1 unspecified atom stereocenters. The number of benzene rings is 2. The minimum Gasteiger partial charge on any atom is -0.258 e. The normalized spacial score (nSPS) is 13.5. The molecule has 0 aliphatic heterocycles. The molecule has 2 aromatic rings. The molecule has 104 valence electrons. The molecule has 20 heavy (non-hydrogen) atoms. The average Bonchev–Trinajstić information content (AvgIpc) is 2.41. The molecule has 0 radical (unpaired) electrons. The second-order valence-electron chi connectivity index (χ2n) is 4.10. The maximum Gasteiger partial charge on any atom is 0.298 e. The molecular formula is C13H11FN2O3S. The predicted octanol–water partition coefficient (Wildman–Crippen LogP) is 3.52. The Bertz CT molecular complexity index is 768. The van der Waals surface area contributed by atoms with E-state index in [1.807, 2.05) is 0 Å². The molecule has 0 aliphatic carbocycles. The summed E-state index contributed by atoms with van der Waals surface area (Å²) in [5, 5.41) is 10.9. The van der Waals surface area contributed by atoms with Crippen molar-refractivity contribution in [2.75, 3.05) is 6.26 Å². The maximum atomic E-state index is 13.0. The molecular weight excluding hydrogens is 283 g/mol. The zero-order valence-corrected chi connectivity index (χ0v) is 11.3. The molecule has 7 heteroatoms. The predicted molar refractivity (Wildman–Crippen MR) is 73.9 cm³/mol. The third kappa shape index (κ3) is 3.00. The second-order valence-corrected chi connectivity index (χ2v) is 6.36. The molecule has 0 N–H and O–H groups in total. The highest BCUT2D eigenvalue weighted by Crippen LogP contribution is 2.30. The van der Waals surface area contributed by atoms with Crippen molar-refractivity contribution in [3.63, 3.8) is 0 Å². The van der Waals surface area contributed by atoms with Crippen LogP contribution in [0, 0.1) is 15.9 Å². The van der Waals surface area contributed by atoms with Crippen molar-refractivity contribution in [3.05, 3.63) is 64.5 Å². The Hall–Kier alpha value is -2.28. The summed E-state index contributed by atoms with van der Waals surface area (Å²) in [5.74, 6) is -0.738. The van der Waals surface area contributed by atoms with Gasteiger partial charge in [-0.25, -0.2) is 8.60 Å². The lowest BCUT2D eigenvalue weighted by atomic mass is 10.3. The van der Waals surface area contributed by atoms with E-state index in [0.717, 1.165) is 18.2 Å². The Balaban J connectivity index is 2.61.